The lowest BCUT2D eigenvalue weighted by atomic mass is 10.1. The molecule has 138 valence electrons. The lowest BCUT2D eigenvalue weighted by molar-refractivity contribution is 0.0958. The molecular weight excluding hydrogens is 326 g/mol. The second kappa shape index (κ2) is 9.09. The van der Waals surface area contributed by atoms with E-state index in [1.54, 1.807) is 12.1 Å². The minimum atomic E-state index is -0.142. The molecule has 2 aromatic rings. The molecule has 4 heteroatoms. The lowest BCUT2D eigenvalue weighted by Gasteiger charge is -2.15. The zero-order valence-corrected chi connectivity index (χ0v) is 16.0. The van der Waals surface area contributed by atoms with Gasteiger partial charge in [-0.2, -0.15) is 0 Å². The molecule has 26 heavy (non-hydrogen) atoms. The minimum absolute atomic E-state index is 0.142. The average Bonchev–Trinajstić information content (AvgIpc) is 2.62. The van der Waals surface area contributed by atoms with Crippen LogP contribution in [0.25, 0.3) is 0 Å². The Hall–Kier alpha value is -2.75. The van der Waals surface area contributed by atoms with Crippen molar-refractivity contribution in [1.82, 2.24) is 5.32 Å². The molecule has 0 aliphatic rings. The molecule has 1 N–H and O–H groups in total. The van der Waals surface area contributed by atoms with Crippen LogP contribution in [0.5, 0.6) is 11.5 Å². The molecule has 2 aromatic carbocycles. The van der Waals surface area contributed by atoms with E-state index in [2.05, 4.69) is 31.8 Å². The van der Waals surface area contributed by atoms with E-state index in [4.69, 9.17) is 9.47 Å². The van der Waals surface area contributed by atoms with Crippen LogP contribution < -0.4 is 14.8 Å². The molecule has 0 bridgehead atoms. The fraction of sp³-hybridized carbons (Fsp3) is 0.318. The first kappa shape index (κ1) is 19.6. The van der Waals surface area contributed by atoms with Gasteiger partial charge in [-0.3, -0.25) is 4.79 Å². The Labute approximate surface area is 155 Å². The highest BCUT2D eigenvalue weighted by Gasteiger charge is 2.12. The Balaban J connectivity index is 2.25. The highest BCUT2D eigenvalue weighted by atomic mass is 16.5. The van der Waals surface area contributed by atoms with Crippen molar-refractivity contribution in [3.8, 4) is 11.5 Å². The summed E-state index contributed by atoms with van der Waals surface area (Å²) >= 11 is 0. The summed E-state index contributed by atoms with van der Waals surface area (Å²) in [6.45, 7) is 13.0. The van der Waals surface area contributed by atoms with E-state index >= 15 is 0 Å². The zero-order chi connectivity index (χ0) is 19.1. The van der Waals surface area contributed by atoms with Gasteiger partial charge in [-0.05, 0) is 68.7 Å². The molecule has 0 aromatic heterocycles. The molecule has 0 fully saturated rings. The molecule has 2 rings (SSSR count). The van der Waals surface area contributed by atoms with E-state index in [1.807, 2.05) is 32.0 Å². The first-order chi connectivity index (χ1) is 12.5. The molecular formula is C22H27NO3. The third-order valence-corrected chi connectivity index (χ3v) is 4.18. The average molecular weight is 353 g/mol. The maximum absolute atomic E-state index is 12.2. The van der Waals surface area contributed by atoms with Gasteiger partial charge in [-0.25, -0.2) is 0 Å². The van der Waals surface area contributed by atoms with Gasteiger partial charge in [0.2, 0.25) is 0 Å². The summed E-state index contributed by atoms with van der Waals surface area (Å²) in [7, 11) is 0. The highest BCUT2D eigenvalue weighted by Crippen LogP contribution is 2.27. The molecule has 0 spiro atoms. The number of amides is 1. The van der Waals surface area contributed by atoms with Crippen LogP contribution in [0.3, 0.4) is 0 Å². The van der Waals surface area contributed by atoms with Gasteiger partial charge in [0.1, 0.15) is 18.1 Å². The van der Waals surface area contributed by atoms with Crippen molar-refractivity contribution in [3.05, 3.63) is 70.8 Å². The van der Waals surface area contributed by atoms with Crippen molar-refractivity contribution in [2.45, 2.75) is 34.3 Å². The molecule has 0 saturated carbocycles. The minimum Gasteiger partial charge on any atom is -0.493 e. The van der Waals surface area contributed by atoms with Crippen molar-refractivity contribution in [2.24, 2.45) is 0 Å². The molecule has 1 amide bonds. The number of ether oxygens (including phenoxy) is 2. The smallest absolute Gasteiger partial charge is 0.251 e. The second-order valence-electron chi connectivity index (χ2n) is 6.25. The maximum Gasteiger partial charge on any atom is 0.251 e. The van der Waals surface area contributed by atoms with Crippen LogP contribution in [0.1, 0.15) is 39.5 Å². The van der Waals surface area contributed by atoms with E-state index in [0.717, 1.165) is 28.2 Å². The van der Waals surface area contributed by atoms with Gasteiger partial charge in [-0.1, -0.05) is 12.1 Å². The van der Waals surface area contributed by atoms with Gasteiger partial charge < -0.3 is 14.8 Å². The van der Waals surface area contributed by atoms with Crippen molar-refractivity contribution in [1.29, 1.82) is 0 Å². The first-order valence-corrected chi connectivity index (χ1v) is 8.81. The van der Waals surface area contributed by atoms with Crippen LogP contribution in [0.2, 0.25) is 0 Å². The molecule has 0 atom stereocenters. The van der Waals surface area contributed by atoms with Crippen LogP contribution >= 0.6 is 0 Å². The molecule has 0 unspecified atom stereocenters. The molecule has 0 aliphatic heterocycles. The number of aryl methyl sites for hydroxylation is 2. The topological polar surface area (TPSA) is 47.6 Å². The summed E-state index contributed by atoms with van der Waals surface area (Å²) in [5.74, 6) is 1.44. The Kier molecular flexibility index (Phi) is 6.84. The summed E-state index contributed by atoms with van der Waals surface area (Å²) < 4.78 is 11.8. The zero-order valence-electron chi connectivity index (χ0n) is 16.0. The predicted octanol–water partition coefficient (Wildman–Crippen LogP) is 4.51. The quantitative estimate of drug-likeness (QED) is 0.711. The van der Waals surface area contributed by atoms with E-state index in [-0.39, 0.29) is 5.91 Å². The van der Waals surface area contributed by atoms with Gasteiger partial charge in [0.15, 0.2) is 0 Å². The largest absolute Gasteiger partial charge is 0.493 e. The van der Waals surface area contributed by atoms with Crippen molar-refractivity contribution in [3.63, 3.8) is 0 Å². The summed E-state index contributed by atoms with van der Waals surface area (Å²) in [6.07, 6.45) is 1.65. The number of hydrogen-bond acceptors (Lipinski definition) is 3. The Morgan fingerprint density at radius 2 is 1.88 bits per heavy atom. The van der Waals surface area contributed by atoms with Crippen molar-refractivity contribution < 1.29 is 14.3 Å². The number of rotatable bonds is 8. The molecule has 0 radical (unpaired) electrons. The Morgan fingerprint density at radius 1 is 1.12 bits per heavy atom. The van der Waals surface area contributed by atoms with Gasteiger partial charge >= 0.3 is 0 Å². The van der Waals surface area contributed by atoms with E-state index in [9.17, 15) is 4.79 Å². The van der Waals surface area contributed by atoms with Crippen molar-refractivity contribution in [2.75, 3.05) is 13.2 Å². The predicted molar refractivity (Wildman–Crippen MR) is 105 cm³/mol. The number of hydrogen-bond donors (Lipinski definition) is 1. The monoisotopic (exact) mass is 353 g/mol. The molecule has 0 saturated heterocycles. The third-order valence-electron chi connectivity index (χ3n) is 4.18. The second-order valence-corrected chi connectivity index (χ2v) is 6.25. The van der Waals surface area contributed by atoms with Gasteiger partial charge in [0.25, 0.3) is 5.91 Å². The number of nitrogens with one attached hydrogen (secondary N) is 1. The fourth-order valence-electron chi connectivity index (χ4n) is 2.70. The Bertz CT molecular complexity index is 796. The lowest BCUT2D eigenvalue weighted by Crippen LogP contribution is -2.23. The maximum atomic E-state index is 12.2. The van der Waals surface area contributed by atoms with E-state index in [1.165, 1.54) is 5.56 Å². The van der Waals surface area contributed by atoms with Crippen LogP contribution in [-0.2, 0) is 6.61 Å². The van der Waals surface area contributed by atoms with E-state index < -0.39 is 0 Å². The third kappa shape index (κ3) is 4.88. The molecule has 0 heterocycles. The van der Waals surface area contributed by atoms with Crippen LogP contribution in [0.15, 0.2) is 43.0 Å². The standard InChI is InChI=1S/C22H27NO3/c1-6-10-23-22(24)18-8-9-20(25-7-2)19(13-18)14-26-21-12-15(3)11-16(4)17(21)5/h6,8-9,11-13H,1,7,10,14H2,2-5H3,(H,23,24). The van der Waals surface area contributed by atoms with Gasteiger partial charge in [0.05, 0.1) is 6.61 Å². The Morgan fingerprint density at radius 3 is 2.58 bits per heavy atom. The highest BCUT2D eigenvalue weighted by molar-refractivity contribution is 5.94. The number of carbonyl (C=O) groups excluding carboxylic acids is 1. The number of carbonyl (C=O) groups is 1. The normalized spacial score (nSPS) is 10.3. The van der Waals surface area contributed by atoms with Crippen molar-refractivity contribution >= 4 is 5.91 Å². The summed E-state index contributed by atoms with van der Waals surface area (Å²) in [6, 6.07) is 9.57. The SMILES string of the molecule is C=CCNC(=O)c1ccc(OCC)c(COc2cc(C)cc(C)c2C)c1. The summed E-state index contributed by atoms with van der Waals surface area (Å²) in [4.78, 5) is 12.2. The van der Waals surface area contributed by atoms with Gasteiger partial charge in [0, 0.05) is 17.7 Å². The first-order valence-electron chi connectivity index (χ1n) is 8.81. The summed E-state index contributed by atoms with van der Waals surface area (Å²) in [5, 5.41) is 2.79. The van der Waals surface area contributed by atoms with Crippen LogP contribution in [0, 0.1) is 20.8 Å². The molecule has 4 nitrogen and oxygen atoms in total. The van der Waals surface area contributed by atoms with E-state index in [0.29, 0.717) is 25.3 Å². The summed E-state index contributed by atoms with van der Waals surface area (Å²) in [5.41, 5.74) is 4.89. The van der Waals surface area contributed by atoms with Gasteiger partial charge in [-0.15, -0.1) is 6.58 Å². The molecule has 0 aliphatic carbocycles. The number of benzene rings is 2. The van der Waals surface area contributed by atoms with Crippen LogP contribution in [-0.4, -0.2) is 19.1 Å². The van der Waals surface area contributed by atoms with Crippen LogP contribution in [0.4, 0.5) is 0 Å². The fourth-order valence-corrected chi connectivity index (χ4v) is 2.70.